The predicted molar refractivity (Wildman–Crippen MR) is 61.8 cm³/mol. The zero-order valence-corrected chi connectivity index (χ0v) is 9.78. The van der Waals surface area contributed by atoms with Gasteiger partial charge in [0.25, 0.3) is 0 Å². The van der Waals surface area contributed by atoms with Crippen LogP contribution in [0.4, 0.5) is 0 Å². The van der Waals surface area contributed by atoms with Gasteiger partial charge in [-0.05, 0) is 61.7 Å². The minimum atomic E-state index is -0.271. The summed E-state index contributed by atoms with van der Waals surface area (Å²) in [5, 5.41) is 0. The number of hydrogen-bond acceptors (Lipinski definition) is 2. The molecule has 0 aliphatic heterocycles. The highest BCUT2D eigenvalue weighted by atomic mass is 16.5. The van der Waals surface area contributed by atoms with Gasteiger partial charge in [-0.25, -0.2) is 4.79 Å². The van der Waals surface area contributed by atoms with E-state index in [4.69, 9.17) is 4.74 Å². The Balaban J connectivity index is 1.56. The Kier molecular flexibility index (Phi) is 2.34. The number of ether oxygens (including phenoxy) is 1. The molecule has 0 amide bonds. The molecule has 2 heteroatoms. The predicted octanol–water partition coefficient (Wildman–Crippen LogP) is 2.93. The first-order chi connectivity index (χ1) is 7.71. The number of carbonyl (C=O) groups is 1. The van der Waals surface area contributed by atoms with E-state index in [9.17, 15) is 4.79 Å². The first-order valence-corrected chi connectivity index (χ1v) is 6.50. The third kappa shape index (κ3) is 1.59. The summed E-state index contributed by atoms with van der Waals surface area (Å²) in [6.45, 7) is 4.01. The van der Waals surface area contributed by atoms with E-state index >= 15 is 0 Å². The van der Waals surface area contributed by atoms with Gasteiger partial charge in [0.1, 0.15) is 0 Å². The molecular weight excluding hydrogens is 200 g/mol. The molecular formula is C14H20O2. The van der Waals surface area contributed by atoms with Gasteiger partial charge in [-0.15, -0.1) is 0 Å². The maximum absolute atomic E-state index is 11.0. The van der Waals surface area contributed by atoms with E-state index in [-0.39, 0.29) is 5.97 Å². The van der Waals surface area contributed by atoms with Crippen LogP contribution in [0.2, 0.25) is 0 Å². The van der Waals surface area contributed by atoms with E-state index in [0.717, 1.165) is 24.2 Å². The molecule has 4 fully saturated rings. The van der Waals surface area contributed by atoms with E-state index in [1.54, 1.807) is 0 Å². The van der Waals surface area contributed by atoms with Gasteiger partial charge in [-0.2, -0.15) is 0 Å². The second-order valence-corrected chi connectivity index (χ2v) is 6.09. The zero-order chi connectivity index (χ0) is 11.2. The molecule has 2 atom stereocenters. The minimum Gasteiger partial charge on any atom is -0.463 e. The lowest BCUT2D eigenvalue weighted by atomic mass is 9.68. The van der Waals surface area contributed by atoms with Crippen LogP contribution in [0, 0.1) is 23.2 Å². The molecule has 4 aliphatic rings. The first kappa shape index (κ1) is 10.4. The van der Waals surface area contributed by atoms with Crippen LogP contribution in [-0.4, -0.2) is 12.6 Å². The Morgan fingerprint density at radius 3 is 2.56 bits per heavy atom. The molecule has 0 aromatic carbocycles. The Hall–Kier alpha value is -0.790. The van der Waals surface area contributed by atoms with Crippen molar-refractivity contribution in [1.82, 2.24) is 0 Å². The molecule has 0 heterocycles. The molecule has 4 bridgehead atoms. The second-order valence-electron chi connectivity index (χ2n) is 6.09. The quantitative estimate of drug-likeness (QED) is 0.538. The molecule has 4 saturated carbocycles. The summed E-state index contributed by atoms with van der Waals surface area (Å²) in [5.74, 6) is 2.74. The molecule has 0 spiro atoms. The summed E-state index contributed by atoms with van der Waals surface area (Å²) in [6.07, 6.45) is 9.51. The van der Waals surface area contributed by atoms with E-state index in [1.807, 2.05) is 0 Å². The first-order valence-electron chi connectivity index (χ1n) is 6.50. The smallest absolute Gasteiger partial charge is 0.330 e. The lowest BCUT2D eigenvalue weighted by Gasteiger charge is -2.38. The highest BCUT2D eigenvalue weighted by molar-refractivity contribution is 5.81. The normalized spacial score (nSPS) is 43.6. The maximum atomic E-state index is 11.0. The fourth-order valence-electron chi connectivity index (χ4n) is 4.71. The Bertz CT molecular complexity index is 301. The topological polar surface area (TPSA) is 26.3 Å². The second kappa shape index (κ2) is 3.61. The van der Waals surface area contributed by atoms with Gasteiger partial charge in [0.2, 0.25) is 0 Å². The van der Waals surface area contributed by atoms with E-state index in [2.05, 4.69) is 6.58 Å². The fraction of sp³-hybridized carbons (Fsp3) is 0.786. The zero-order valence-electron chi connectivity index (χ0n) is 9.78. The van der Waals surface area contributed by atoms with Crippen LogP contribution in [0.15, 0.2) is 12.7 Å². The molecule has 88 valence electrons. The van der Waals surface area contributed by atoms with E-state index < -0.39 is 0 Å². The third-order valence-corrected chi connectivity index (χ3v) is 5.09. The summed E-state index contributed by atoms with van der Waals surface area (Å²) in [7, 11) is 0. The van der Waals surface area contributed by atoms with Crippen LogP contribution in [0.25, 0.3) is 0 Å². The summed E-state index contributed by atoms with van der Waals surface area (Å²) in [5.41, 5.74) is 0.540. The SMILES string of the molecule is C=CC(=O)OCCC12CC3CC(C1)C(C3)C2. The average Bonchev–Trinajstić information content (AvgIpc) is 2.66. The molecule has 0 N–H and O–H groups in total. The lowest BCUT2D eigenvalue weighted by Crippen LogP contribution is -2.28. The van der Waals surface area contributed by atoms with Gasteiger partial charge in [0, 0.05) is 6.08 Å². The van der Waals surface area contributed by atoms with Gasteiger partial charge in [0.05, 0.1) is 6.61 Å². The summed E-state index contributed by atoms with van der Waals surface area (Å²) >= 11 is 0. The van der Waals surface area contributed by atoms with Crippen molar-refractivity contribution in [1.29, 1.82) is 0 Å². The lowest BCUT2D eigenvalue weighted by molar-refractivity contribution is -0.138. The maximum Gasteiger partial charge on any atom is 0.330 e. The van der Waals surface area contributed by atoms with Crippen LogP contribution in [0.1, 0.15) is 38.5 Å². The van der Waals surface area contributed by atoms with Crippen molar-refractivity contribution >= 4 is 5.97 Å². The monoisotopic (exact) mass is 220 g/mol. The molecule has 2 nitrogen and oxygen atoms in total. The van der Waals surface area contributed by atoms with Crippen molar-refractivity contribution < 1.29 is 9.53 Å². The van der Waals surface area contributed by atoms with Gasteiger partial charge in [-0.1, -0.05) is 6.58 Å². The standard InChI is InChI=1S/C14H20O2/c1-2-13(15)16-4-3-14-7-10-5-11(8-14)12(6-10)9-14/h2,10-12H,1,3-9H2. The van der Waals surface area contributed by atoms with Gasteiger partial charge in [0.15, 0.2) is 0 Å². The van der Waals surface area contributed by atoms with Crippen molar-refractivity contribution in [3.8, 4) is 0 Å². The van der Waals surface area contributed by atoms with Crippen LogP contribution in [0.5, 0.6) is 0 Å². The number of carbonyl (C=O) groups excluding carboxylic acids is 1. The van der Waals surface area contributed by atoms with Gasteiger partial charge >= 0.3 is 5.97 Å². The van der Waals surface area contributed by atoms with E-state index in [0.29, 0.717) is 12.0 Å². The summed E-state index contributed by atoms with van der Waals surface area (Å²) in [4.78, 5) is 11.0. The highest BCUT2D eigenvalue weighted by Crippen LogP contribution is 2.65. The molecule has 0 aromatic rings. The van der Waals surface area contributed by atoms with E-state index in [1.165, 1.54) is 38.2 Å². The van der Waals surface area contributed by atoms with Crippen molar-refractivity contribution in [2.24, 2.45) is 23.2 Å². The fourth-order valence-corrected chi connectivity index (χ4v) is 4.71. The molecule has 0 radical (unpaired) electrons. The Labute approximate surface area is 97.1 Å². The van der Waals surface area contributed by atoms with Gasteiger partial charge < -0.3 is 4.74 Å². The molecule has 16 heavy (non-hydrogen) atoms. The largest absolute Gasteiger partial charge is 0.463 e. The van der Waals surface area contributed by atoms with Crippen LogP contribution in [0.3, 0.4) is 0 Å². The molecule has 4 rings (SSSR count). The number of hydrogen-bond donors (Lipinski definition) is 0. The minimum absolute atomic E-state index is 0.271. The number of esters is 1. The van der Waals surface area contributed by atoms with Crippen LogP contribution < -0.4 is 0 Å². The van der Waals surface area contributed by atoms with Crippen LogP contribution >= 0.6 is 0 Å². The summed E-state index contributed by atoms with van der Waals surface area (Å²) < 4.78 is 5.13. The Morgan fingerprint density at radius 1 is 1.31 bits per heavy atom. The molecule has 0 saturated heterocycles. The van der Waals surface area contributed by atoms with Crippen molar-refractivity contribution in [2.75, 3.05) is 6.61 Å². The van der Waals surface area contributed by atoms with Crippen LogP contribution in [-0.2, 0) is 9.53 Å². The molecule has 4 aliphatic carbocycles. The van der Waals surface area contributed by atoms with Crippen molar-refractivity contribution in [3.63, 3.8) is 0 Å². The van der Waals surface area contributed by atoms with Crippen molar-refractivity contribution in [3.05, 3.63) is 12.7 Å². The average molecular weight is 220 g/mol. The highest BCUT2D eigenvalue weighted by Gasteiger charge is 2.55. The number of rotatable bonds is 4. The molecule has 0 aromatic heterocycles. The van der Waals surface area contributed by atoms with Crippen molar-refractivity contribution in [2.45, 2.75) is 38.5 Å². The van der Waals surface area contributed by atoms with Gasteiger partial charge in [-0.3, -0.25) is 0 Å². The molecule has 2 unspecified atom stereocenters. The Morgan fingerprint density at radius 2 is 2.00 bits per heavy atom. The third-order valence-electron chi connectivity index (χ3n) is 5.09. The summed E-state index contributed by atoms with van der Waals surface area (Å²) in [6, 6.07) is 0.